The summed E-state index contributed by atoms with van der Waals surface area (Å²) in [6, 6.07) is 6.72. The molecule has 2 aliphatic carbocycles. The fraction of sp³-hybridized carbons (Fsp3) is 0.625. The summed E-state index contributed by atoms with van der Waals surface area (Å²) in [7, 11) is 3.75. The van der Waals surface area contributed by atoms with E-state index in [1.54, 1.807) is 7.11 Å². The van der Waals surface area contributed by atoms with Gasteiger partial charge in [-0.1, -0.05) is 6.07 Å². The van der Waals surface area contributed by atoms with Crippen molar-refractivity contribution in [1.29, 1.82) is 0 Å². The molecular formula is C16H23NO2. The normalized spacial score (nSPS) is 26.6. The lowest BCUT2D eigenvalue weighted by Crippen LogP contribution is -2.39. The summed E-state index contributed by atoms with van der Waals surface area (Å²) in [5.41, 5.74) is 2.77. The van der Waals surface area contributed by atoms with E-state index in [1.165, 1.54) is 30.4 Å². The molecule has 1 fully saturated rings. The maximum atomic E-state index is 6.25. The van der Waals surface area contributed by atoms with Gasteiger partial charge in [0, 0.05) is 0 Å². The van der Waals surface area contributed by atoms with Gasteiger partial charge in [-0.25, -0.2) is 0 Å². The van der Waals surface area contributed by atoms with Crippen molar-refractivity contribution in [2.45, 2.75) is 50.4 Å². The van der Waals surface area contributed by atoms with Crippen molar-refractivity contribution in [3.63, 3.8) is 0 Å². The number of methoxy groups -OCH3 is 1. The van der Waals surface area contributed by atoms with Crippen LogP contribution in [-0.2, 0) is 11.2 Å². The van der Waals surface area contributed by atoms with Crippen LogP contribution in [0.5, 0.6) is 5.75 Å². The molecule has 0 spiro atoms. The number of hydrogen-bond acceptors (Lipinski definition) is 3. The van der Waals surface area contributed by atoms with Crippen molar-refractivity contribution in [3.05, 3.63) is 29.3 Å². The molecule has 2 atom stereocenters. The lowest BCUT2D eigenvalue weighted by atomic mass is 9.84. The monoisotopic (exact) mass is 261 g/mol. The van der Waals surface area contributed by atoms with E-state index in [4.69, 9.17) is 9.47 Å². The van der Waals surface area contributed by atoms with Gasteiger partial charge in [0.15, 0.2) is 0 Å². The summed E-state index contributed by atoms with van der Waals surface area (Å²) >= 11 is 0. The molecule has 0 bridgehead atoms. The van der Waals surface area contributed by atoms with Gasteiger partial charge in [-0.3, -0.25) is 0 Å². The highest BCUT2D eigenvalue weighted by Gasteiger charge is 2.32. The lowest BCUT2D eigenvalue weighted by molar-refractivity contribution is -0.0717. The molecule has 1 aromatic carbocycles. The third-order valence-electron chi connectivity index (χ3n) is 4.49. The summed E-state index contributed by atoms with van der Waals surface area (Å²) < 4.78 is 11.6. The molecule has 19 heavy (non-hydrogen) atoms. The topological polar surface area (TPSA) is 30.5 Å². The molecule has 1 aromatic rings. The summed E-state index contributed by atoms with van der Waals surface area (Å²) in [5, 5.41) is 3.44. The first kappa shape index (κ1) is 12.9. The Bertz CT molecular complexity index is 442. The molecule has 1 saturated carbocycles. The number of benzene rings is 1. The van der Waals surface area contributed by atoms with Gasteiger partial charge < -0.3 is 14.8 Å². The van der Waals surface area contributed by atoms with Crippen LogP contribution in [0.4, 0.5) is 0 Å². The fourth-order valence-corrected chi connectivity index (χ4v) is 3.14. The molecular weight excluding hydrogens is 238 g/mol. The van der Waals surface area contributed by atoms with E-state index >= 15 is 0 Å². The Balaban J connectivity index is 1.80. The van der Waals surface area contributed by atoms with Gasteiger partial charge in [0.05, 0.1) is 25.4 Å². The zero-order valence-electron chi connectivity index (χ0n) is 11.8. The Morgan fingerprint density at radius 3 is 2.68 bits per heavy atom. The third kappa shape index (κ3) is 2.49. The van der Waals surface area contributed by atoms with E-state index in [0.717, 1.165) is 18.6 Å². The second-order valence-corrected chi connectivity index (χ2v) is 5.60. The SMILES string of the molecule is CNC1c2ccc(OC)cc2CCC1OC1CCC1. The predicted molar refractivity (Wildman–Crippen MR) is 75.6 cm³/mol. The van der Waals surface area contributed by atoms with Crippen LogP contribution in [0.3, 0.4) is 0 Å². The van der Waals surface area contributed by atoms with E-state index in [2.05, 4.69) is 23.5 Å². The van der Waals surface area contributed by atoms with Crippen molar-refractivity contribution in [1.82, 2.24) is 5.32 Å². The van der Waals surface area contributed by atoms with Crippen LogP contribution in [0.1, 0.15) is 42.9 Å². The molecule has 0 amide bonds. The second-order valence-electron chi connectivity index (χ2n) is 5.60. The molecule has 0 heterocycles. The lowest BCUT2D eigenvalue weighted by Gasteiger charge is -2.38. The van der Waals surface area contributed by atoms with Crippen molar-refractivity contribution in [3.8, 4) is 5.75 Å². The molecule has 0 aliphatic heterocycles. The van der Waals surface area contributed by atoms with Gasteiger partial charge in [0.25, 0.3) is 0 Å². The number of aryl methyl sites for hydroxylation is 1. The van der Waals surface area contributed by atoms with Gasteiger partial charge >= 0.3 is 0 Å². The Morgan fingerprint density at radius 1 is 1.21 bits per heavy atom. The van der Waals surface area contributed by atoms with Gasteiger partial charge in [-0.2, -0.15) is 0 Å². The number of nitrogens with one attached hydrogen (secondary N) is 1. The number of likely N-dealkylation sites (N-methyl/N-ethyl adjacent to an activating group) is 1. The zero-order chi connectivity index (χ0) is 13.2. The summed E-state index contributed by atoms with van der Waals surface area (Å²) in [6.45, 7) is 0. The molecule has 0 radical (unpaired) electrons. The quantitative estimate of drug-likeness (QED) is 0.904. The third-order valence-corrected chi connectivity index (χ3v) is 4.49. The van der Waals surface area contributed by atoms with E-state index in [0.29, 0.717) is 18.2 Å². The molecule has 0 saturated heterocycles. The summed E-state index contributed by atoms with van der Waals surface area (Å²) in [4.78, 5) is 0. The first-order valence-electron chi connectivity index (χ1n) is 7.31. The van der Waals surface area contributed by atoms with Crippen molar-refractivity contribution in [2.24, 2.45) is 0 Å². The molecule has 2 unspecified atom stereocenters. The highest BCUT2D eigenvalue weighted by molar-refractivity contribution is 5.39. The average Bonchev–Trinajstić information content (AvgIpc) is 2.41. The molecule has 3 rings (SSSR count). The first-order valence-corrected chi connectivity index (χ1v) is 7.31. The average molecular weight is 261 g/mol. The number of hydrogen-bond donors (Lipinski definition) is 1. The maximum absolute atomic E-state index is 6.25. The van der Waals surface area contributed by atoms with E-state index in [1.807, 2.05) is 7.05 Å². The number of rotatable bonds is 4. The van der Waals surface area contributed by atoms with E-state index in [9.17, 15) is 0 Å². The molecule has 2 aliphatic rings. The minimum absolute atomic E-state index is 0.315. The number of fused-ring (bicyclic) bond motifs is 1. The van der Waals surface area contributed by atoms with Gasteiger partial charge in [-0.05, 0) is 62.4 Å². The van der Waals surface area contributed by atoms with Gasteiger partial charge in [-0.15, -0.1) is 0 Å². The number of ether oxygens (including phenoxy) is 2. The highest BCUT2D eigenvalue weighted by atomic mass is 16.5. The minimum Gasteiger partial charge on any atom is -0.497 e. The standard InChI is InChI=1S/C16H23NO2/c1-17-16-14-8-7-13(18-2)10-11(14)6-9-15(16)19-12-4-3-5-12/h7-8,10,12,15-17H,3-6,9H2,1-2H3. The van der Waals surface area contributed by atoms with Crippen LogP contribution in [0, 0.1) is 0 Å². The Morgan fingerprint density at radius 2 is 2.05 bits per heavy atom. The van der Waals surface area contributed by atoms with Crippen molar-refractivity contribution >= 4 is 0 Å². The highest BCUT2D eigenvalue weighted by Crippen LogP contribution is 2.36. The molecule has 3 nitrogen and oxygen atoms in total. The Hall–Kier alpha value is -1.06. The summed E-state index contributed by atoms with van der Waals surface area (Å²) in [6.07, 6.45) is 6.81. The van der Waals surface area contributed by atoms with Crippen molar-refractivity contribution in [2.75, 3.05) is 14.2 Å². The molecule has 1 N–H and O–H groups in total. The van der Waals surface area contributed by atoms with Crippen LogP contribution in [0.25, 0.3) is 0 Å². The van der Waals surface area contributed by atoms with Crippen LogP contribution < -0.4 is 10.1 Å². The first-order chi connectivity index (χ1) is 9.31. The second kappa shape index (κ2) is 5.51. The molecule has 3 heteroatoms. The van der Waals surface area contributed by atoms with E-state index < -0.39 is 0 Å². The summed E-state index contributed by atoms with van der Waals surface area (Å²) in [5.74, 6) is 0.951. The zero-order valence-corrected chi connectivity index (χ0v) is 11.8. The Labute approximate surface area is 115 Å². The van der Waals surface area contributed by atoms with Gasteiger partial charge in [0.2, 0.25) is 0 Å². The van der Waals surface area contributed by atoms with Crippen LogP contribution in [0.15, 0.2) is 18.2 Å². The van der Waals surface area contributed by atoms with Crippen LogP contribution in [-0.4, -0.2) is 26.4 Å². The molecule has 0 aromatic heterocycles. The van der Waals surface area contributed by atoms with Crippen LogP contribution in [0.2, 0.25) is 0 Å². The fourth-order valence-electron chi connectivity index (χ4n) is 3.14. The smallest absolute Gasteiger partial charge is 0.119 e. The largest absolute Gasteiger partial charge is 0.497 e. The Kier molecular flexibility index (Phi) is 3.76. The van der Waals surface area contributed by atoms with Crippen molar-refractivity contribution < 1.29 is 9.47 Å². The maximum Gasteiger partial charge on any atom is 0.119 e. The molecule has 104 valence electrons. The minimum atomic E-state index is 0.315. The van der Waals surface area contributed by atoms with Gasteiger partial charge in [0.1, 0.15) is 5.75 Å². The van der Waals surface area contributed by atoms with E-state index in [-0.39, 0.29) is 0 Å². The predicted octanol–water partition coefficient (Wildman–Crippen LogP) is 2.84. The van der Waals surface area contributed by atoms with Crippen LogP contribution >= 0.6 is 0 Å².